The molecule has 2 aromatic heterocycles. The largest absolute Gasteiger partial charge is 0.455 e. The SMILES string of the molecule is c1ccc(-c2nc(-c3cccc(-c4ccc5c(c4)c4ccccc4c4ccc6c7ccccc7oc6c45)c3)nc3ccccc23)cc1. The van der Waals surface area contributed by atoms with Gasteiger partial charge in [0.25, 0.3) is 0 Å². The van der Waals surface area contributed by atoms with Crippen LogP contribution in [0.3, 0.4) is 0 Å². The molecule has 0 N–H and O–H groups in total. The van der Waals surface area contributed by atoms with E-state index >= 15 is 0 Å². The first-order chi connectivity index (χ1) is 23.3. The Kier molecular flexibility index (Phi) is 5.57. The van der Waals surface area contributed by atoms with Crippen molar-refractivity contribution in [1.82, 2.24) is 9.97 Å². The summed E-state index contributed by atoms with van der Waals surface area (Å²) in [5.41, 5.74) is 8.06. The summed E-state index contributed by atoms with van der Waals surface area (Å²) in [7, 11) is 0. The van der Waals surface area contributed by atoms with Gasteiger partial charge in [-0.25, -0.2) is 9.97 Å². The van der Waals surface area contributed by atoms with Gasteiger partial charge in [0.15, 0.2) is 5.82 Å². The van der Waals surface area contributed by atoms with E-state index in [1.54, 1.807) is 0 Å². The Hall–Kier alpha value is -6.32. The first-order valence-corrected chi connectivity index (χ1v) is 15.9. The normalized spacial score (nSPS) is 11.8. The molecule has 2 heterocycles. The van der Waals surface area contributed by atoms with Gasteiger partial charge in [-0.15, -0.1) is 0 Å². The van der Waals surface area contributed by atoms with Crippen molar-refractivity contribution in [2.75, 3.05) is 0 Å². The van der Waals surface area contributed by atoms with E-state index in [2.05, 4.69) is 133 Å². The number of nitrogens with zero attached hydrogens (tertiary/aromatic N) is 2. The third-order valence-corrected chi connectivity index (χ3v) is 9.45. The van der Waals surface area contributed by atoms with E-state index in [1.807, 2.05) is 24.3 Å². The highest BCUT2D eigenvalue weighted by molar-refractivity contribution is 6.32. The Bertz CT molecular complexity index is 2850. The van der Waals surface area contributed by atoms with Gasteiger partial charge in [-0.3, -0.25) is 0 Å². The summed E-state index contributed by atoms with van der Waals surface area (Å²) in [4.78, 5) is 10.1. The second kappa shape index (κ2) is 10.1. The molecule has 0 unspecified atom stereocenters. The third-order valence-electron chi connectivity index (χ3n) is 9.45. The Balaban J connectivity index is 1.19. The number of fused-ring (bicyclic) bond motifs is 11. The molecule has 0 fully saturated rings. The number of aromatic nitrogens is 2. The van der Waals surface area contributed by atoms with Crippen molar-refractivity contribution in [2.24, 2.45) is 0 Å². The number of furan rings is 1. The third kappa shape index (κ3) is 4.00. The van der Waals surface area contributed by atoms with Crippen molar-refractivity contribution >= 4 is 65.2 Å². The van der Waals surface area contributed by atoms with Crippen LogP contribution in [0.2, 0.25) is 0 Å². The van der Waals surface area contributed by atoms with E-state index < -0.39 is 0 Å². The summed E-state index contributed by atoms with van der Waals surface area (Å²) in [5.74, 6) is 0.717. The average Bonchev–Trinajstić information content (AvgIpc) is 3.53. The zero-order valence-electron chi connectivity index (χ0n) is 25.3. The predicted molar refractivity (Wildman–Crippen MR) is 196 cm³/mol. The molecule has 3 heteroatoms. The van der Waals surface area contributed by atoms with Crippen molar-refractivity contribution in [1.29, 1.82) is 0 Å². The number of benzene rings is 8. The summed E-state index contributed by atoms with van der Waals surface area (Å²) in [6.45, 7) is 0. The minimum atomic E-state index is 0.717. The van der Waals surface area contributed by atoms with Crippen LogP contribution >= 0.6 is 0 Å². The molecule has 0 aliphatic rings. The number of para-hydroxylation sites is 2. The van der Waals surface area contributed by atoms with Crippen LogP contribution in [0.5, 0.6) is 0 Å². The molecule has 0 atom stereocenters. The van der Waals surface area contributed by atoms with Crippen LogP contribution in [0.15, 0.2) is 162 Å². The van der Waals surface area contributed by atoms with Crippen LogP contribution < -0.4 is 0 Å². The summed E-state index contributed by atoms with van der Waals surface area (Å²) < 4.78 is 6.56. The highest BCUT2D eigenvalue weighted by Gasteiger charge is 2.17. The summed E-state index contributed by atoms with van der Waals surface area (Å²) in [6.07, 6.45) is 0. The van der Waals surface area contributed by atoms with Gasteiger partial charge in [-0.1, -0.05) is 127 Å². The van der Waals surface area contributed by atoms with Gasteiger partial charge in [-0.05, 0) is 68.4 Å². The van der Waals surface area contributed by atoms with Crippen molar-refractivity contribution in [2.45, 2.75) is 0 Å². The maximum Gasteiger partial charge on any atom is 0.160 e. The van der Waals surface area contributed by atoms with Crippen molar-refractivity contribution < 1.29 is 4.42 Å². The maximum atomic E-state index is 6.56. The van der Waals surface area contributed by atoms with Crippen LogP contribution in [-0.2, 0) is 0 Å². The lowest BCUT2D eigenvalue weighted by atomic mass is 9.91. The van der Waals surface area contributed by atoms with E-state index in [0.29, 0.717) is 5.82 Å². The number of hydrogen-bond donors (Lipinski definition) is 0. The van der Waals surface area contributed by atoms with Gasteiger partial charge in [-0.2, -0.15) is 0 Å². The van der Waals surface area contributed by atoms with Crippen LogP contribution in [0, 0.1) is 0 Å². The molecule has 0 saturated heterocycles. The molecule has 218 valence electrons. The predicted octanol–water partition coefficient (Wildman–Crippen LogP) is 12.0. The molecular formula is C44H26N2O. The molecule has 0 spiro atoms. The molecule has 0 saturated carbocycles. The summed E-state index contributed by atoms with van der Waals surface area (Å²) in [6, 6.07) is 55.5. The highest BCUT2D eigenvalue weighted by Crippen LogP contribution is 2.43. The van der Waals surface area contributed by atoms with Gasteiger partial charge < -0.3 is 4.42 Å². The van der Waals surface area contributed by atoms with Crippen molar-refractivity contribution in [3.63, 3.8) is 0 Å². The fourth-order valence-corrected chi connectivity index (χ4v) is 7.26. The fraction of sp³-hybridized carbons (Fsp3) is 0. The van der Waals surface area contributed by atoms with Gasteiger partial charge >= 0.3 is 0 Å². The van der Waals surface area contributed by atoms with E-state index in [-0.39, 0.29) is 0 Å². The van der Waals surface area contributed by atoms with Gasteiger partial charge in [0.2, 0.25) is 0 Å². The van der Waals surface area contributed by atoms with Gasteiger partial charge in [0.1, 0.15) is 11.2 Å². The summed E-state index contributed by atoms with van der Waals surface area (Å²) in [5, 5.41) is 10.5. The van der Waals surface area contributed by atoms with Crippen LogP contribution in [0.4, 0.5) is 0 Å². The van der Waals surface area contributed by atoms with Crippen LogP contribution in [0.25, 0.3) is 98.9 Å². The maximum absolute atomic E-state index is 6.56. The van der Waals surface area contributed by atoms with Crippen LogP contribution in [0.1, 0.15) is 0 Å². The quantitative estimate of drug-likeness (QED) is 0.190. The molecule has 0 aliphatic heterocycles. The molecular weight excluding hydrogens is 572 g/mol. The highest BCUT2D eigenvalue weighted by atomic mass is 16.3. The van der Waals surface area contributed by atoms with E-state index in [4.69, 9.17) is 14.4 Å². The first kappa shape index (κ1) is 26.0. The number of hydrogen-bond acceptors (Lipinski definition) is 3. The Labute approximate surface area is 270 Å². The second-order valence-electron chi connectivity index (χ2n) is 12.1. The molecule has 0 bridgehead atoms. The van der Waals surface area contributed by atoms with Gasteiger partial charge in [0, 0.05) is 32.7 Å². The fourth-order valence-electron chi connectivity index (χ4n) is 7.26. The first-order valence-electron chi connectivity index (χ1n) is 15.9. The Morgan fingerprint density at radius 3 is 1.85 bits per heavy atom. The second-order valence-corrected chi connectivity index (χ2v) is 12.1. The molecule has 0 amide bonds. The van der Waals surface area contributed by atoms with E-state index in [9.17, 15) is 0 Å². The molecule has 0 radical (unpaired) electrons. The summed E-state index contributed by atoms with van der Waals surface area (Å²) >= 11 is 0. The van der Waals surface area contributed by atoms with E-state index in [1.165, 1.54) is 26.9 Å². The lowest BCUT2D eigenvalue weighted by Gasteiger charge is -2.13. The smallest absolute Gasteiger partial charge is 0.160 e. The molecule has 0 aliphatic carbocycles. The minimum Gasteiger partial charge on any atom is -0.455 e. The molecule has 10 aromatic rings. The Morgan fingerprint density at radius 1 is 0.362 bits per heavy atom. The Morgan fingerprint density at radius 2 is 0.979 bits per heavy atom. The lowest BCUT2D eigenvalue weighted by Crippen LogP contribution is -1.95. The molecule has 10 rings (SSSR count). The van der Waals surface area contributed by atoms with E-state index in [0.717, 1.165) is 66.2 Å². The van der Waals surface area contributed by atoms with Crippen molar-refractivity contribution in [3.05, 3.63) is 158 Å². The lowest BCUT2D eigenvalue weighted by molar-refractivity contribution is 0.673. The molecule has 3 nitrogen and oxygen atoms in total. The zero-order valence-corrected chi connectivity index (χ0v) is 25.3. The van der Waals surface area contributed by atoms with Crippen molar-refractivity contribution in [3.8, 4) is 33.8 Å². The minimum absolute atomic E-state index is 0.717. The molecule has 8 aromatic carbocycles. The standard InChI is InChI=1S/C44H26N2O/c1-2-11-27(12-3-1)42-37-18-6-8-19-39(37)45-44(46-42)30-14-10-13-28(25-30)29-21-22-35-38(26-29)32-16-5-4-15-31(32)34-23-24-36-33-17-7-9-20-40(33)47-43(36)41(34)35/h1-26H. The number of rotatable bonds is 3. The van der Waals surface area contributed by atoms with Gasteiger partial charge in [0.05, 0.1) is 11.2 Å². The monoisotopic (exact) mass is 598 g/mol. The topological polar surface area (TPSA) is 38.9 Å². The zero-order chi connectivity index (χ0) is 30.9. The average molecular weight is 599 g/mol. The molecule has 47 heavy (non-hydrogen) atoms. The van der Waals surface area contributed by atoms with Crippen LogP contribution in [-0.4, -0.2) is 9.97 Å².